The van der Waals surface area contributed by atoms with E-state index in [9.17, 15) is 35.9 Å². The van der Waals surface area contributed by atoms with Crippen molar-refractivity contribution in [2.24, 2.45) is 11.8 Å². The summed E-state index contributed by atoms with van der Waals surface area (Å²) in [6.07, 6.45) is -6.64. The van der Waals surface area contributed by atoms with Gasteiger partial charge in [0.05, 0.1) is 22.1 Å². The highest BCUT2D eigenvalue weighted by atomic mass is 35.5. The van der Waals surface area contributed by atoms with Crippen LogP contribution in [-0.4, -0.2) is 26.8 Å². The molecule has 7 nitrogen and oxygen atoms in total. The molecule has 3 rings (SSSR count). The summed E-state index contributed by atoms with van der Waals surface area (Å²) < 4.78 is 77.5. The van der Waals surface area contributed by atoms with E-state index in [0.717, 1.165) is 6.07 Å². The summed E-state index contributed by atoms with van der Waals surface area (Å²) in [4.78, 5) is 33.6. The molecule has 0 aliphatic rings. The molecule has 0 unspecified atom stereocenters. The number of halogens is 8. The molecule has 3 aromatic rings. The average Bonchev–Trinajstić information content (AvgIpc) is 2.84. The summed E-state index contributed by atoms with van der Waals surface area (Å²) in [5.74, 6) is -1.91. The van der Waals surface area contributed by atoms with Crippen LogP contribution < -0.4 is 10.6 Å². The van der Waals surface area contributed by atoms with E-state index in [0.29, 0.717) is 5.56 Å². The summed E-state index contributed by atoms with van der Waals surface area (Å²) in [6.45, 7) is 6.32. The topological polar surface area (TPSA) is 96.9 Å². The minimum absolute atomic E-state index is 0.0647. The van der Waals surface area contributed by atoms with Crippen molar-refractivity contribution in [2.45, 2.75) is 40.0 Å². The van der Waals surface area contributed by atoms with Gasteiger partial charge in [0.1, 0.15) is 5.15 Å². The minimum atomic E-state index is -4.71. The number of hydrogen-bond acceptors (Lipinski definition) is 5. The average molecular weight is 610 g/mol. The molecule has 0 saturated carbocycles. The van der Waals surface area contributed by atoms with Crippen molar-refractivity contribution in [3.8, 4) is 11.3 Å². The molecule has 40 heavy (non-hydrogen) atoms. The van der Waals surface area contributed by atoms with Gasteiger partial charge in [-0.05, 0) is 30.3 Å². The molecule has 0 atom stereocenters. The number of carbonyl (C=O) groups excluding carboxylic acids is 2. The van der Waals surface area contributed by atoms with Crippen LogP contribution in [0, 0.1) is 11.8 Å². The van der Waals surface area contributed by atoms with Gasteiger partial charge < -0.3 is 10.6 Å². The maximum Gasteiger partial charge on any atom is 0.435 e. The van der Waals surface area contributed by atoms with Gasteiger partial charge in [0.25, 0.3) is 0 Å². The van der Waals surface area contributed by atoms with Crippen LogP contribution in [0.15, 0.2) is 42.7 Å². The molecular weight excluding hydrogens is 587 g/mol. The fourth-order valence-electron chi connectivity index (χ4n) is 2.80. The maximum absolute atomic E-state index is 13.2. The Bertz CT molecular complexity index is 1360. The number of carbonyl (C=O) groups is 2. The molecule has 0 fully saturated rings. The zero-order valence-corrected chi connectivity index (χ0v) is 22.9. The van der Waals surface area contributed by atoms with Crippen molar-refractivity contribution in [2.75, 3.05) is 10.6 Å². The first-order valence-electron chi connectivity index (χ1n) is 11.4. The Balaban J connectivity index is 0.000000294. The van der Waals surface area contributed by atoms with E-state index in [4.69, 9.17) is 23.2 Å². The van der Waals surface area contributed by atoms with E-state index in [1.807, 2.05) is 0 Å². The van der Waals surface area contributed by atoms with Crippen molar-refractivity contribution in [3.63, 3.8) is 0 Å². The van der Waals surface area contributed by atoms with Crippen molar-refractivity contribution in [1.29, 1.82) is 0 Å². The van der Waals surface area contributed by atoms with Gasteiger partial charge in [-0.3, -0.25) is 14.6 Å². The smallest absolute Gasteiger partial charge is 0.324 e. The van der Waals surface area contributed by atoms with Crippen LogP contribution in [-0.2, 0) is 21.9 Å². The number of aromatic nitrogens is 3. The lowest BCUT2D eigenvalue weighted by Gasteiger charge is -2.15. The van der Waals surface area contributed by atoms with E-state index in [2.05, 4.69) is 25.6 Å². The second-order valence-corrected chi connectivity index (χ2v) is 9.62. The largest absolute Gasteiger partial charge is 0.435 e. The normalized spacial score (nSPS) is 11.7. The number of alkyl halides is 6. The maximum atomic E-state index is 13.2. The number of hydrogen-bond donors (Lipinski definition) is 2. The van der Waals surface area contributed by atoms with Crippen LogP contribution in [0.3, 0.4) is 0 Å². The van der Waals surface area contributed by atoms with Gasteiger partial charge in [0.2, 0.25) is 11.8 Å². The number of anilines is 2. The standard InChI is InChI=1S/C15H13ClF3N3O.C10H10ClF3N2O/c1-8(2)14(23)22-12-4-3-11(21-13(12)15(17,18)19)9-5-10(16)7-20-6-9;1-5(2)9(17)15-6-3-4-7(11)16-8(6)10(12,13)14/h3-8H,1-2H3,(H,22,23);3-5H,1-2H3,(H,15,17). The highest BCUT2D eigenvalue weighted by molar-refractivity contribution is 6.30. The van der Waals surface area contributed by atoms with Gasteiger partial charge in [0, 0.05) is 29.8 Å². The molecule has 3 aromatic heterocycles. The fourth-order valence-corrected chi connectivity index (χ4v) is 3.12. The molecule has 0 bridgehead atoms. The van der Waals surface area contributed by atoms with Crippen LogP contribution >= 0.6 is 23.2 Å². The predicted octanol–water partition coefficient (Wildman–Crippen LogP) is 7.76. The summed E-state index contributed by atoms with van der Waals surface area (Å²) in [7, 11) is 0. The number of amides is 2. The number of pyridine rings is 3. The van der Waals surface area contributed by atoms with E-state index < -0.39 is 47.4 Å². The van der Waals surface area contributed by atoms with Crippen LogP contribution in [0.5, 0.6) is 0 Å². The fraction of sp³-hybridized carbons (Fsp3) is 0.320. The zero-order chi connectivity index (χ0) is 30.4. The Kier molecular flexibility index (Phi) is 10.9. The lowest BCUT2D eigenvalue weighted by Crippen LogP contribution is -2.21. The Morgan fingerprint density at radius 2 is 1.23 bits per heavy atom. The van der Waals surface area contributed by atoms with E-state index in [1.165, 1.54) is 36.7 Å². The van der Waals surface area contributed by atoms with Gasteiger partial charge in [-0.1, -0.05) is 50.9 Å². The number of rotatable bonds is 5. The molecule has 0 spiro atoms. The molecule has 3 heterocycles. The molecule has 0 saturated heterocycles. The second kappa shape index (κ2) is 13.3. The van der Waals surface area contributed by atoms with Crippen LogP contribution in [0.25, 0.3) is 11.3 Å². The van der Waals surface area contributed by atoms with Crippen molar-refractivity contribution >= 4 is 46.4 Å². The highest BCUT2D eigenvalue weighted by Crippen LogP contribution is 2.36. The third-order valence-electron chi connectivity index (χ3n) is 4.86. The first-order chi connectivity index (χ1) is 18.4. The van der Waals surface area contributed by atoms with Gasteiger partial charge in [-0.15, -0.1) is 0 Å². The number of nitrogens with one attached hydrogen (secondary N) is 2. The Labute approximate surface area is 235 Å². The zero-order valence-electron chi connectivity index (χ0n) is 21.4. The highest BCUT2D eigenvalue weighted by Gasteiger charge is 2.37. The minimum Gasteiger partial charge on any atom is -0.324 e. The molecular formula is C25H23Cl2F6N5O2. The first-order valence-corrected chi connectivity index (χ1v) is 12.2. The van der Waals surface area contributed by atoms with Gasteiger partial charge in [0.15, 0.2) is 11.4 Å². The van der Waals surface area contributed by atoms with Crippen LogP contribution in [0.2, 0.25) is 10.2 Å². The molecule has 216 valence electrons. The molecule has 2 amide bonds. The van der Waals surface area contributed by atoms with Crippen molar-refractivity contribution in [1.82, 2.24) is 15.0 Å². The van der Waals surface area contributed by atoms with Gasteiger partial charge >= 0.3 is 12.4 Å². The van der Waals surface area contributed by atoms with E-state index >= 15 is 0 Å². The Hall–Kier alpha value is -3.45. The summed E-state index contributed by atoms with van der Waals surface area (Å²) in [5, 5.41) is 4.42. The summed E-state index contributed by atoms with van der Waals surface area (Å²) >= 11 is 11.2. The van der Waals surface area contributed by atoms with Crippen molar-refractivity contribution < 1.29 is 35.9 Å². The molecule has 0 aliphatic carbocycles. The predicted molar refractivity (Wildman–Crippen MR) is 139 cm³/mol. The monoisotopic (exact) mass is 609 g/mol. The van der Waals surface area contributed by atoms with Crippen LogP contribution in [0.4, 0.5) is 37.7 Å². The third-order valence-corrected chi connectivity index (χ3v) is 5.28. The quantitative estimate of drug-likeness (QED) is 0.228. The van der Waals surface area contributed by atoms with Gasteiger partial charge in [-0.25, -0.2) is 9.97 Å². The SMILES string of the molecule is CC(C)C(=O)Nc1ccc(-c2cncc(Cl)c2)nc1C(F)(F)F.CC(C)C(=O)Nc1ccc(Cl)nc1C(F)(F)F. The molecule has 0 aliphatic heterocycles. The third kappa shape index (κ3) is 9.33. The second-order valence-electron chi connectivity index (χ2n) is 8.80. The first kappa shape index (κ1) is 32.8. The van der Waals surface area contributed by atoms with Gasteiger partial charge in [-0.2, -0.15) is 26.3 Å². The molecule has 0 radical (unpaired) electrons. The lowest BCUT2D eigenvalue weighted by atomic mass is 10.1. The number of nitrogens with zero attached hydrogens (tertiary/aromatic N) is 3. The lowest BCUT2D eigenvalue weighted by molar-refractivity contribution is -0.141. The summed E-state index contributed by atoms with van der Waals surface area (Å²) in [6, 6.07) is 6.28. The molecule has 2 N–H and O–H groups in total. The molecule has 0 aromatic carbocycles. The van der Waals surface area contributed by atoms with Crippen LogP contribution in [0.1, 0.15) is 39.1 Å². The Morgan fingerprint density at radius 1 is 0.750 bits per heavy atom. The van der Waals surface area contributed by atoms with E-state index in [1.54, 1.807) is 27.7 Å². The Morgan fingerprint density at radius 3 is 1.68 bits per heavy atom. The molecule has 15 heteroatoms. The summed E-state index contributed by atoms with van der Waals surface area (Å²) in [5.41, 5.74) is -2.71. The van der Waals surface area contributed by atoms with E-state index in [-0.39, 0.29) is 27.2 Å². The van der Waals surface area contributed by atoms with Crippen molar-refractivity contribution in [3.05, 3.63) is 64.3 Å².